The van der Waals surface area contributed by atoms with E-state index >= 15 is 0 Å². The number of furan rings is 1. The van der Waals surface area contributed by atoms with Crippen LogP contribution in [0.4, 0.5) is 5.82 Å². The molecular formula is C17H15BrN6O2S. The molecular weight excluding hydrogens is 432 g/mol. The molecule has 0 bridgehead atoms. The molecule has 1 fully saturated rings. The largest absolute Gasteiger partial charge is 0.444 e. The van der Waals surface area contributed by atoms with Gasteiger partial charge in [-0.3, -0.25) is 4.90 Å². The van der Waals surface area contributed by atoms with Crippen molar-refractivity contribution in [2.45, 2.75) is 6.54 Å². The lowest BCUT2D eigenvalue weighted by molar-refractivity contribution is 0.226. The van der Waals surface area contributed by atoms with Gasteiger partial charge in [0, 0.05) is 26.2 Å². The van der Waals surface area contributed by atoms with E-state index in [4.69, 9.17) is 8.83 Å². The van der Waals surface area contributed by atoms with Crippen LogP contribution >= 0.6 is 27.3 Å². The lowest BCUT2D eigenvalue weighted by Crippen LogP contribution is -2.46. The van der Waals surface area contributed by atoms with Gasteiger partial charge >= 0.3 is 0 Å². The Morgan fingerprint density at radius 2 is 1.93 bits per heavy atom. The number of thiophene rings is 1. The molecule has 27 heavy (non-hydrogen) atoms. The van der Waals surface area contributed by atoms with Gasteiger partial charge < -0.3 is 13.7 Å². The molecule has 1 aliphatic rings. The minimum atomic E-state index is 0.398. The molecule has 4 aromatic rings. The van der Waals surface area contributed by atoms with Crippen LogP contribution in [0.2, 0.25) is 0 Å². The molecule has 0 aliphatic carbocycles. The highest BCUT2D eigenvalue weighted by Crippen LogP contribution is 2.28. The van der Waals surface area contributed by atoms with Crippen LogP contribution in [-0.4, -0.2) is 51.2 Å². The zero-order valence-corrected chi connectivity index (χ0v) is 16.6. The zero-order valence-electron chi connectivity index (χ0n) is 14.2. The summed E-state index contributed by atoms with van der Waals surface area (Å²) in [4.78, 5) is 14.5. The number of piperazine rings is 1. The van der Waals surface area contributed by atoms with Crippen LogP contribution in [0.25, 0.3) is 21.9 Å². The molecule has 0 amide bonds. The van der Waals surface area contributed by atoms with E-state index in [2.05, 4.69) is 57.3 Å². The highest BCUT2D eigenvalue weighted by molar-refractivity contribution is 9.10. The number of aromatic nitrogens is 4. The van der Waals surface area contributed by atoms with Gasteiger partial charge in [-0.2, -0.15) is 0 Å². The van der Waals surface area contributed by atoms with Crippen LogP contribution in [0.15, 0.2) is 43.4 Å². The normalized spacial score (nSPS) is 15.7. The molecule has 0 atom stereocenters. The Kier molecular flexibility index (Phi) is 4.38. The average Bonchev–Trinajstić information content (AvgIpc) is 3.42. The molecule has 0 N–H and O–H groups in total. The summed E-state index contributed by atoms with van der Waals surface area (Å²) in [6, 6.07) is 5.69. The van der Waals surface area contributed by atoms with Crippen LogP contribution < -0.4 is 4.90 Å². The molecule has 10 heteroatoms. The van der Waals surface area contributed by atoms with Crippen molar-refractivity contribution in [2.75, 3.05) is 31.1 Å². The van der Waals surface area contributed by atoms with Crippen molar-refractivity contribution in [1.29, 1.82) is 0 Å². The fourth-order valence-corrected chi connectivity index (χ4v) is 4.22. The molecule has 0 aromatic carbocycles. The predicted octanol–water partition coefficient (Wildman–Crippen LogP) is 3.42. The number of hydrogen-bond donors (Lipinski definition) is 0. The topological polar surface area (TPSA) is 84.3 Å². The fourth-order valence-electron chi connectivity index (χ4n) is 3.18. The number of hydrogen-bond acceptors (Lipinski definition) is 9. The number of nitrogens with zero attached hydrogens (tertiary/aromatic N) is 6. The van der Waals surface area contributed by atoms with Gasteiger partial charge in [-0.1, -0.05) is 0 Å². The van der Waals surface area contributed by atoms with Crippen molar-refractivity contribution in [3.05, 3.63) is 40.5 Å². The number of anilines is 1. The molecule has 0 unspecified atom stereocenters. The second-order valence-electron chi connectivity index (χ2n) is 6.20. The first-order valence-corrected chi connectivity index (χ1v) is 10.2. The van der Waals surface area contributed by atoms with E-state index in [0.29, 0.717) is 28.8 Å². The standard InChI is InChI=1S/C17H15BrN6O2S/c18-13-2-1-12(25-13)16-22-21-14(26-16)9-23-4-6-24(7-5-23)15-11-3-8-27-17(11)20-10-19-15/h1-3,8,10H,4-7,9H2. The summed E-state index contributed by atoms with van der Waals surface area (Å²) in [6.45, 7) is 4.22. The SMILES string of the molecule is Brc1ccc(-c2nnc(CN3CCN(c4ncnc5sccc45)CC3)o2)o1. The minimum absolute atomic E-state index is 0.398. The Labute approximate surface area is 167 Å². The van der Waals surface area contributed by atoms with Gasteiger partial charge in [-0.05, 0) is 39.5 Å². The quantitative estimate of drug-likeness (QED) is 0.471. The lowest BCUT2D eigenvalue weighted by atomic mass is 10.2. The van der Waals surface area contributed by atoms with Crippen LogP contribution in [-0.2, 0) is 6.54 Å². The van der Waals surface area contributed by atoms with E-state index in [0.717, 1.165) is 42.2 Å². The van der Waals surface area contributed by atoms with E-state index in [-0.39, 0.29) is 0 Å². The Morgan fingerprint density at radius 3 is 2.74 bits per heavy atom. The summed E-state index contributed by atoms with van der Waals surface area (Å²) < 4.78 is 11.8. The molecule has 8 nitrogen and oxygen atoms in total. The maximum Gasteiger partial charge on any atom is 0.283 e. The van der Waals surface area contributed by atoms with Crippen molar-refractivity contribution in [2.24, 2.45) is 0 Å². The first-order valence-electron chi connectivity index (χ1n) is 8.50. The summed E-state index contributed by atoms with van der Waals surface area (Å²) in [7, 11) is 0. The molecule has 5 heterocycles. The smallest absolute Gasteiger partial charge is 0.283 e. The van der Waals surface area contributed by atoms with Gasteiger partial charge in [-0.25, -0.2) is 9.97 Å². The summed E-state index contributed by atoms with van der Waals surface area (Å²) >= 11 is 4.92. The van der Waals surface area contributed by atoms with Crippen molar-refractivity contribution in [1.82, 2.24) is 25.1 Å². The highest BCUT2D eigenvalue weighted by Gasteiger charge is 2.22. The average molecular weight is 447 g/mol. The molecule has 1 saturated heterocycles. The number of fused-ring (bicyclic) bond motifs is 1. The molecule has 4 aromatic heterocycles. The maximum atomic E-state index is 5.73. The molecule has 0 radical (unpaired) electrons. The zero-order chi connectivity index (χ0) is 18.2. The molecule has 0 saturated carbocycles. The van der Waals surface area contributed by atoms with Crippen molar-refractivity contribution in [3.8, 4) is 11.7 Å². The van der Waals surface area contributed by atoms with E-state index in [1.807, 2.05) is 0 Å². The minimum Gasteiger partial charge on any atom is -0.444 e. The monoisotopic (exact) mass is 446 g/mol. The van der Waals surface area contributed by atoms with Gasteiger partial charge in [0.2, 0.25) is 5.89 Å². The second-order valence-corrected chi connectivity index (χ2v) is 7.88. The summed E-state index contributed by atoms with van der Waals surface area (Å²) in [5, 5.41) is 11.4. The van der Waals surface area contributed by atoms with Gasteiger partial charge in [-0.15, -0.1) is 21.5 Å². The van der Waals surface area contributed by atoms with Crippen molar-refractivity contribution in [3.63, 3.8) is 0 Å². The second kappa shape index (κ2) is 7.02. The van der Waals surface area contributed by atoms with Gasteiger partial charge in [0.15, 0.2) is 10.4 Å². The van der Waals surface area contributed by atoms with Gasteiger partial charge in [0.25, 0.3) is 5.89 Å². The third-order valence-corrected chi connectivity index (χ3v) is 5.77. The van der Waals surface area contributed by atoms with E-state index in [1.54, 1.807) is 29.8 Å². The van der Waals surface area contributed by atoms with Crippen LogP contribution in [0, 0.1) is 0 Å². The first kappa shape index (κ1) is 16.8. The molecule has 0 spiro atoms. The van der Waals surface area contributed by atoms with Gasteiger partial charge in [0.05, 0.1) is 11.9 Å². The first-order chi connectivity index (χ1) is 13.3. The molecule has 1 aliphatic heterocycles. The fraction of sp³-hybridized carbons (Fsp3) is 0.294. The van der Waals surface area contributed by atoms with Crippen molar-refractivity contribution >= 4 is 43.3 Å². The Balaban J connectivity index is 1.24. The van der Waals surface area contributed by atoms with Crippen molar-refractivity contribution < 1.29 is 8.83 Å². The third-order valence-electron chi connectivity index (χ3n) is 4.52. The van der Waals surface area contributed by atoms with Gasteiger partial charge in [0.1, 0.15) is 17.0 Å². The Bertz CT molecular complexity index is 1070. The Hall–Kier alpha value is -2.30. The number of halogens is 1. The van der Waals surface area contributed by atoms with Crippen LogP contribution in [0.3, 0.4) is 0 Å². The van der Waals surface area contributed by atoms with Crippen LogP contribution in [0.5, 0.6) is 0 Å². The van der Waals surface area contributed by atoms with E-state index in [1.165, 1.54) is 0 Å². The number of rotatable bonds is 4. The summed E-state index contributed by atoms with van der Waals surface area (Å²) in [6.07, 6.45) is 1.65. The predicted molar refractivity (Wildman–Crippen MR) is 105 cm³/mol. The highest BCUT2D eigenvalue weighted by atomic mass is 79.9. The lowest BCUT2D eigenvalue weighted by Gasteiger charge is -2.34. The molecule has 5 rings (SSSR count). The van der Waals surface area contributed by atoms with Crippen LogP contribution in [0.1, 0.15) is 5.89 Å². The summed E-state index contributed by atoms with van der Waals surface area (Å²) in [5.41, 5.74) is 0. The summed E-state index contributed by atoms with van der Waals surface area (Å²) in [5.74, 6) is 2.57. The third kappa shape index (κ3) is 3.35. The maximum absolute atomic E-state index is 5.73. The van der Waals surface area contributed by atoms with E-state index in [9.17, 15) is 0 Å². The van der Waals surface area contributed by atoms with E-state index < -0.39 is 0 Å². The Morgan fingerprint density at radius 1 is 1.04 bits per heavy atom. The molecule has 138 valence electrons.